The molecule has 142 valence electrons. The third-order valence-corrected chi connectivity index (χ3v) is 4.45. The first kappa shape index (κ1) is 18.8. The standard InChI is InChI=1S/C15H12N2O8S2/c18-15-12-6-5-11(17-27(22,23)24)7-14(12)25-8-13(15)9-1-3-10(4-2-9)16-26(19,20)21/h1-8,16-17H,(H,19,20,21)(H,22,23,24). The molecule has 0 aliphatic rings. The van der Waals surface area contributed by atoms with Gasteiger partial charge in [0.05, 0.1) is 22.3 Å². The van der Waals surface area contributed by atoms with Crippen molar-refractivity contribution in [3.8, 4) is 11.1 Å². The van der Waals surface area contributed by atoms with E-state index in [1.54, 1.807) is 0 Å². The quantitative estimate of drug-likeness (QED) is 0.462. The molecule has 27 heavy (non-hydrogen) atoms. The summed E-state index contributed by atoms with van der Waals surface area (Å²) in [7, 11) is -8.87. The lowest BCUT2D eigenvalue weighted by molar-refractivity contribution is 0.487. The van der Waals surface area contributed by atoms with Crippen molar-refractivity contribution >= 4 is 43.0 Å². The molecule has 0 fully saturated rings. The fourth-order valence-corrected chi connectivity index (χ4v) is 3.27. The fourth-order valence-electron chi connectivity index (χ4n) is 2.41. The van der Waals surface area contributed by atoms with Crippen molar-refractivity contribution in [2.75, 3.05) is 9.44 Å². The van der Waals surface area contributed by atoms with Gasteiger partial charge in [-0.3, -0.25) is 23.3 Å². The van der Waals surface area contributed by atoms with Crippen LogP contribution in [0.4, 0.5) is 11.4 Å². The Morgan fingerprint density at radius 2 is 1.37 bits per heavy atom. The van der Waals surface area contributed by atoms with E-state index in [4.69, 9.17) is 13.5 Å². The third kappa shape index (κ3) is 4.62. The van der Waals surface area contributed by atoms with Crippen LogP contribution < -0.4 is 14.9 Å². The second-order valence-corrected chi connectivity index (χ2v) is 7.73. The number of hydrogen-bond acceptors (Lipinski definition) is 6. The van der Waals surface area contributed by atoms with E-state index in [2.05, 4.69) is 0 Å². The summed E-state index contributed by atoms with van der Waals surface area (Å²) in [5, 5.41) is 0.175. The van der Waals surface area contributed by atoms with Gasteiger partial charge in [-0.2, -0.15) is 16.8 Å². The van der Waals surface area contributed by atoms with E-state index in [1.807, 2.05) is 9.44 Å². The van der Waals surface area contributed by atoms with Gasteiger partial charge in [0.2, 0.25) is 0 Å². The molecule has 0 amide bonds. The van der Waals surface area contributed by atoms with Gasteiger partial charge in [0.25, 0.3) is 0 Å². The number of nitrogens with one attached hydrogen (secondary N) is 2. The maximum atomic E-state index is 12.6. The van der Waals surface area contributed by atoms with Crippen LogP contribution >= 0.6 is 0 Å². The maximum Gasteiger partial charge on any atom is 0.357 e. The van der Waals surface area contributed by atoms with Crippen molar-refractivity contribution in [2.45, 2.75) is 0 Å². The highest BCUT2D eigenvalue weighted by Gasteiger charge is 2.12. The fraction of sp³-hybridized carbons (Fsp3) is 0. The van der Waals surface area contributed by atoms with Gasteiger partial charge < -0.3 is 4.42 Å². The lowest BCUT2D eigenvalue weighted by Crippen LogP contribution is -2.11. The Balaban J connectivity index is 2.00. The Bertz CT molecular complexity index is 1280. The van der Waals surface area contributed by atoms with E-state index in [-0.39, 0.29) is 27.9 Å². The molecule has 3 aromatic rings. The zero-order valence-corrected chi connectivity index (χ0v) is 14.9. The first-order valence-electron chi connectivity index (χ1n) is 7.18. The smallest absolute Gasteiger partial charge is 0.357 e. The largest absolute Gasteiger partial charge is 0.463 e. The highest BCUT2D eigenvalue weighted by molar-refractivity contribution is 7.87. The number of hydrogen-bond donors (Lipinski definition) is 4. The van der Waals surface area contributed by atoms with Crippen LogP contribution in [0.3, 0.4) is 0 Å². The minimum absolute atomic E-state index is 0.0153. The molecule has 3 rings (SSSR count). The van der Waals surface area contributed by atoms with E-state index in [0.29, 0.717) is 5.56 Å². The zero-order chi connectivity index (χ0) is 19.8. The Morgan fingerprint density at radius 1 is 0.815 bits per heavy atom. The van der Waals surface area contributed by atoms with E-state index < -0.39 is 26.0 Å². The van der Waals surface area contributed by atoms with E-state index in [0.717, 1.165) is 0 Å². The van der Waals surface area contributed by atoms with Crippen LogP contribution in [-0.4, -0.2) is 25.9 Å². The van der Waals surface area contributed by atoms with Crippen molar-refractivity contribution < 1.29 is 30.4 Å². The van der Waals surface area contributed by atoms with Gasteiger partial charge in [-0.05, 0) is 29.8 Å². The van der Waals surface area contributed by atoms with Crippen molar-refractivity contribution in [2.24, 2.45) is 0 Å². The van der Waals surface area contributed by atoms with E-state index in [1.165, 1.54) is 48.7 Å². The summed E-state index contributed by atoms with van der Waals surface area (Å²) in [5.41, 5.74) is 0.448. The predicted molar refractivity (Wildman–Crippen MR) is 98.3 cm³/mol. The highest BCUT2D eigenvalue weighted by atomic mass is 32.2. The Labute approximate surface area is 153 Å². The molecule has 0 aliphatic heterocycles. The monoisotopic (exact) mass is 412 g/mol. The molecule has 2 aromatic carbocycles. The molecule has 4 N–H and O–H groups in total. The summed E-state index contributed by atoms with van der Waals surface area (Å²) >= 11 is 0. The average molecular weight is 412 g/mol. The van der Waals surface area contributed by atoms with Crippen molar-refractivity contribution in [3.63, 3.8) is 0 Å². The molecule has 10 nitrogen and oxygen atoms in total. The van der Waals surface area contributed by atoms with Crippen molar-refractivity contribution in [1.82, 2.24) is 0 Å². The van der Waals surface area contributed by atoms with Crippen LogP contribution in [0.1, 0.15) is 0 Å². The van der Waals surface area contributed by atoms with E-state index >= 15 is 0 Å². The number of benzene rings is 2. The Kier molecular flexibility index (Phi) is 4.65. The molecular formula is C15H12N2O8S2. The molecule has 1 heterocycles. The zero-order valence-electron chi connectivity index (χ0n) is 13.3. The molecule has 0 atom stereocenters. The predicted octanol–water partition coefficient (Wildman–Crippen LogP) is 1.89. The van der Waals surface area contributed by atoms with Crippen LogP contribution in [0, 0.1) is 0 Å². The van der Waals surface area contributed by atoms with Gasteiger partial charge in [0.1, 0.15) is 11.8 Å². The van der Waals surface area contributed by atoms with Crippen molar-refractivity contribution in [3.05, 3.63) is 59.0 Å². The lowest BCUT2D eigenvalue weighted by Gasteiger charge is -2.07. The number of fused-ring (bicyclic) bond motifs is 1. The third-order valence-electron chi connectivity index (χ3n) is 3.46. The minimum Gasteiger partial charge on any atom is -0.463 e. The molecule has 0 aliphatic carbocycles. The van der Waals surface area contributed by atoms with Crippen molar-refractivity contribution in [1.29, 1.82) is 0 Å². The second kappa shape index (κ2) is 6.66. The minimum atomic E-state index is -4.46. The molecule has 1 aromatic heterocycles. The SMILES string of the molecule is O=c1c(-c2ccc(NS(=O)(=O)O)cc2)coc2cc(NS(=O)(=O)O)ccc12. The topological polar surface area (TPSA) is 163 Å². The van der Waals surface area contributed by atoms with Gasteiger partial charge >= 0.3 is 20.6 Å². The summed E-state index contributed by atoms with van der Waals surface area (Å²) in [6, 6.07) is 9.49. The second-order valence-electron chi connectivity index (χ2n) is 5.42. The van der Waals surface area contributed by atoms with Gasteiger partial charge in [-0.1, -0.05) is 12.1 Å². The van der Waals surface area contributed by atoms with Gasteiger partial charge in [-0.25, -0.2) is 0 Å². The number of rotatable bonds is 5. The molecular weight excluding hydrogens is 400 g/mol. The van der Waals surface area contributed by atoms with Crippen LogP contribution in [-0.2, 0) is 20.6 Å². The summed E-state index contributed by atoms with van der Waals surface area (Å²) in [4.78, 5) is 12.6. The summed E-state index contributed by atoms with van der Waals surface area (Å²) in [6.07, 6.45) is 1.17. The molecule has 0 bridgehead atoms. The molecule has 0 spiro atoms. The van der Waals surface area contributed by atoms with Crippen LogP contribution in [0.2, 0.25) is 0 Å². The molecule has 0 saturated carbocycles. The molecule has 12 heteroatoms. The normalized spacial score (nSPS) is 12.1. The molecule has 0 radical (unpaired) electrons. The van der Waals surface area contributed by atoms with Crippen LogP contribution in [0.15, 0.2) is 57.9 Å². The van der Waals surface area contributed by atoms with Gasteiger partial charge in [0.15, 0.2) is 5.43 Å². The molecule has 0 unspecified atom stereocenters. The van der Waals surface area contributed by atoms with Crippen LogP contribution in [0.25, 0.3) is 22.1 Å². The molecule has 0 saturated heterocycles. The summed E-state index contributed by atoms with van der Waals surface area (Å²) in [5.74, 6) is 0. The average Bonchev–Trinajstić information content (AvgIpc) is 2.53. The van der Waals surface area contributed by atoms with Gasteiger partial charge in [-0.15, -0.1) is 0 Å². The van der Waals surface area contributed by atoms with Gasteiger partial charge in [0, 0.05) is 6.07 Å². The summed E-state index contributed by atoms with van der Waals surface area (Å²) in [6.45, 7) is 0. The van der Waals surface area contributed by atoms with E-state index in [9.17, 15) is 21.6 Å². The summed E-state index contributed by atoms with van der Waals surface area (Å²) < 4.78 is 69.9. The Morgan fingerprint density at radius 3 is 1.96 bits per heavy atom. The Hall–Kier alpha value is -2.93. The maximum absolute atomic E-state index is 12.6. The first-order valence-corrected chi connectivity index (χ1v) is 10.1. The number of anilines is 2. The highest BCUT2D eigenvalue weighted by Crippen LogP contribution is 2.24. The lowest BCUT2D eigenvalue weighted by atomic mass is 10.1. The van der Waals surface area contributed by atoms with Crippen LogP contribution in [0.5, 0.6) is 0 Å². The first-order chi connectivity index (χ1) is 12.5.